The molecule has 0 aromatic carbocycles. The zero-order valence-electron chi connectivity index (χ0n) is 17.3. The number of hydrogen-bond donors (Lipinski definition) is 1. The number of rotatable bonds is 7. The van der Waals surface area contributed by atoms with Crippen molar-refractivity contribution >= 4 is 17.4 Å². The molecule has 0 spiro atoms. The maximum atomic E-state index is 12.8. The van der Waals surface area contributed by atoms with Crippen molar-refractivity contribution in [2.45, 2.75) is 51.5 Å². The van der Waals surface area contributed by atoms with Gasteiger partial charge in [0.05, 0.1) is 23.6 Å². The summed E-state index contributed by atoms with van der Waals surface area (Å²) in [6.45, 7) is 4.75. The number of aryl methyl sites for hydroxylation is 1. The maximum Gasteiger partial charge on any atom is 0.223 e. The fourth-order valence-corrected chi connectivity index (χ4v) is 3.59. The van der Waals surface area contributed by atoms with Gasteiger partial charge in [0.25, 0.3) is 0 Å². The van der Waals surface area contributed by atoms with Crippen LogP contribution in [0.4, 0.5) is 11.5 Å². The molecule has 3 aromatic rings. The first-order valence-electron chi connectivity index (χ1n) is 10.4. The van der Waals surface area contributed by atoms with E-state index in [4.69, 9.17) is 4.42 Å². The van der Waals surface area contributed by atoms with Crippen molar-refractivity contribution in [1.29, 1.82) is 0 Å². The van der Waals surface area contributed by atoms with Crippen molar-refractivity contribution in [1.82, 2.24) is 25.1 Å². The Morgan fingerprint density at radius 2 is 2.13 bits per heavy atom. The predicted octanol–water partition coefficient (Wildman–Crippen LogP) is 4.02. The summed E-state index contributed by atoms with van der Waals surface area (Å²) in [5, 5.41) is 11.3. The Morgan fingerprint density at radius 1 is 1.23 bits per heavy atom. The molecule has 1 amide bonds. The van der Waals surface area contributed by atoms with Gasteiger partial charge in [-0.2, -0.15) is 0 Å². The van der Waals surface area contributed by atoms with Gasteiger partial charge >= 0.3 is 0 Å². The molecule has 3 aromatic heterocycles. The van der Waals surface area contributed by atoms with Crippen molar-refractivity contribution in [3.63, 3.8) is 0 Å². The molecule has 156 valence electrons. The summed E-state index contributed by atoms with van der Waals surface area (Å²) in [6.07, 6.45) is 6.24. The van der Waals surface area contributed by atoms with Gasteiger partial charge < -0.3 is 14.6 Å². The molecule has 0 bridgehead atoms. The number of aromatic nitrogens is 4. The van der Waals surface area contributed by atoms with E-state index in [-0.39, 0.29) is 17.9 Å². The van der Waals surface area contributed by atoms with Crippen LogP contribution in [0.2, 0.25) is 0 Å². The summed E-state index contributed by atoms with van der Waals surface area (Å²) < 4.78 is 5.61. The summed E-state index contributed by atoms with van der Waals surface area (Å²) in [6, 6.07) is 9.67. The highest BCUT2D eigenvalue weighted by molar-refractivity contribution is 5.77. The van der Waals surface area contributed by atoms with E-state index in [1.54, 1.807) is 12.4 Å². The van der Waals surface area contributed by atoms with Crippen LogP contribution in [-0.4, -0.2) is 37.5 Å². The average molecular weight is 406 g/mol. The molecule has 1 atom stereocenters. The lowest BCUT2D eigenvalue weighted by Gasteiger charge is -2.24. The number of amides is 1. The van der Waals surface area contributed by atoms with Crippen molar-refractivity contribution in [2.75, 3.05) is 11.9 Å². The number of nitrogens with zero attached hydrogens (tertiary/aromatic N) is 5. The molecule has 0 aliphatic carbocycles. The minimum Gasteiger partial charge on any atom is -0.425 e. The Bertz CT molecular complexity index is 971. The van der Waals surface area contributed by atoms with Crippen LogP contribution < -0.4 is 5.32 Å². The number of anilines is 2. The Kier molecular flexibility index (Phi) is 6.02. The van der Waals surface area contributed by atoms with Crippen molar-refractivity contribution in [3.8, 4) is 0 Å². The van der Waals surface area contributed by atoms with Gasteiger partial charge in [0.2, 0.25) is 17.7 Å². The first-order valence-corrected chi connectivity index (χ1v) is 10.4. The molecule has 1 aliphatic rings. The summed E-state index contributed by atoms with van der Waals surface area (Å²) in [7, 11) is 0. The fraction of sp³-hybridized carbons (Fsp3) is 0.409. The average Bonchev–Trinajstić information content (AvgIpc) is 3.43. The zero-order chi connectivity index (χ0) is 20.9. The van der Waals surface area contributed by atoms with Crippen LogP contribution >= 0.6 is 0 Å². The third kappa shape index (κ3) is 4.64. The Hall–Kier alpha value is -3.29. The second-order valence-corrected chi connectivity index (χ2v) is 7.75. The molecule has 30 heavy (non-hydrogen) atoms. The van der Waals surface area contributed by atoms with Crippen LogP contribution in [0.5, 0.6) is 0 Å². The Morgan fingerprint density at radius 3 is 2.83 bits per heavy atom. The molecular weight excluding hydrogens is 380 g/mol. The lowest BCUT2D eigenvalue weighted by atomic mass is 10.1. The highest BCUT2D eigenvalue weighted by atomic mass is 16.4. The fourth-order valence-electron chi connectivity index (χ4n) is 3.59. The zero-order valence-corrected chi connectivity index (χ0v) is 17.3. The highest BCUT2D eigenvalue weighted by Gasteiger charge is 2.30. The first kappa shape index (κ1) is 20.0. The van der Waals surface area contributed by atoms with Crippen LogP contribution in [0.1, 0.15) is 62.5 Å². The SMILES string of the molecule is CC(C)c1nnc(CCC(=O)N2CCC[C@H]2c2ccc(Nc3ccccn3)cn2)o1. The van der Waals surface area contributed by atoms with E-state index in [9.17, 15) is 4.79 Å². The molecule has 8 nitrogen and oxygen atoms in total. The van der Waals surface area contributed by atoms with Gasteiger partial charge in [0.15, 0.2) is 0 Å². The van der Waals surface area contributed by atoms with E-state index < -0.39 is 0 Å². The molecule has 1 fully saturated rings. The van der Waals surface area contributed by atoms with Gasteiger partial charge in [-0.3, -0.25) is 9.78 Å². The number of carbonyl (C=O) groups excluding carboxylic acids is 1. The molecule has 0 saturated carbocycles. The molecule has 4 rings (SSSR count). The maximum absolute atomic E-state index is 12.8. The predicted molar refractivity (Wildman–Crippen MR) is 112 cm³/mol. The van der Waals surface area contributed by atoms with E-state index in [1.807, 2.05) is 49.1 Å². The molecule has 1 N–H and O–H groups in total. The topological polar surface area (TPSA) is 97.0 Å². The molecule has 1 saturated heterocycles. The van der Waals surface area contributed by atoms with E-state index in [2.05, 4.69) is 25.5 Å². The van der Waals surface area contributed by atoms with E-state index >= 15 is 0 Å². The third-order valence-electron chi connectivity index (χ3n) is 5.17. The van der Waals surface area contributed by atoms with Gasteiger partial charge in [0, 0.05) is 31.5 Å². The second kappa shape index (κ2) is 9.02. The molecular formula is C22H26N6O2. The third-order valence-corrected chi connectivity index (χ3v) is 5.17. The minimum atomic E-state index is 0.00955. The number of likely N-dealkylation sites (tertiary alicyclic amines) is 1. The smallest absolute Gasteiger partial charge is 0.223 e. The van der Waals surface area contributed by atoms with Crippen LogP contribution in [0, 0.1) is 0 Å². The Labute approximate surface area is 175 Å². The van der Waals surface area contributed by atoms with Crippen molar-refractivity contribution < 1.29 is 9.21 Å². The van der Waals surface area contributed by atoms with Crippen molar-refractivity contribution in [2.24, 2.45) is 0 Å². The highest BCUT2D eigenvalue weighted by Crippen LogP contribution is 2.32. The van der Waals surface area contributed by atoms with Gasteiger partial charge in [0.1, 0.15) is 5.82 Å². The number of pyridine rings is 2. The second-order valence-electron chi connectivity index (χ2n) is 7.75. The van der Waals surface area contributed by atoms with Crippen LogP contribution in [0.25, 0.3) is 0 Å². The molecule has 0 radical (unpaired) electrons. The van der Waals surface area contributed by atoms with Crippen LogP contribution in [0.15, 0.2) is 47.1 Å². The number of hydrogen-bond acceptors (Lipinski definition) is 7. The van der Waals surface area contributed by atoms with E-state index in [0.29, 0.717) is 24.6 Å². The molecule has 0 unspecified atom stereocenters. The van der Waals surface area contributed by atoms with E-state index in [0.717, 1.165) is 36.6 Å². The number of carbonyl (C=O) groups is 1. The van der Waals surface area contributed by atoms with Crippen LogP contribution in [-0.2, 0) is 11.2 Å². The summed E-state index contributed by atoms with van der Waals surface area (Å²) in [4.78, 5) is 23.6. The summed E-state index contributed by atoms with van der Waals surface area (Å²) in [5.74, 6) is 2.18. The Balaban J connectivity index is 1.37. The first-order chi connectivity index (χ1) is 14.6. The molecule has 1 aliphatic heterocycles. The summed E-state index contributed by atoms with van der Waals surface area (Å²) in [5.41, 5.74) is 1.78. The van der Waals surface area contributed by atoms with Gasteiger partial charge in [-0.15, -0.1) is 10.2 Å². The minimum absolute atomic E-state index is 0.00955. The molecule has 4 heterocycles. The largest absolute Gasteiger partial charge is 0.425 e. The molecule has 8 heteroatoms. The lowest BCUT2D eigenvalue weighted by molar-refractivity contribution is -0.132. The van der Waals surface area contributed by atoms with Gasteiger partial charge in [-0.05, 0) is 37.1 Å². The van der Waals surface area contributed by atoms with Crippen molar-refractivity contribution in [3.05, 3.63) is 60.2 Å². The van der Waals surface area contributed by atoms with Crippen LogP contribution in [0.3, 0.4) is 0 Å². The standard InChI is InChI=1S/C22H26N6O2/c1-15(2)22-27-26-20(30-22)10-11-21(29)28-13-5-6-18(28)17-9-8-16(14-24-17)25-19-7-3-4-12-23-19/h3-4,7-9,12,14-15,18H,5-6,10-11,13H2,1-2H3,(H,23,25)/t18-/m0/s1. The summed E-state index contributed by atoms with van der Waals surface area (Å²) >= 11 is 0. The normalized spacial score (nSPS) is 16.2. The van der Waals surface area contributed by atoms with Gasteiger partial charge in [-0.1, -0.05) is 19.9 Å². The quantitative estimate of drug-likeness (QED) is 0.633. The van der Waals surface area contributed by atoms with Gasteiger partial charge in [-0.25, -0.2) is 4.98 Å². The number of nitrogens with one attached hydrogen (secondary N) is 1. The van der Waals surface area contributed by atoms with E-state index in [1.165, 1.54) is 0 Å². The lowest BCUT2D eigenvalue weighted by Crippen LogP contribution is -2.31. The monoisotopic (exact) mass is 406 g/mol.